The summed E-state index contributed by atoms with van der Waals surface area (Å²) in [5.74, 6) is 2.76. The summed E-state index contributed by atoms with van der Waals surface area (Å²) in [6, 6.07) is 2.43. The summed E-state index contributed by atoms with van der Waals surface area (Å²) in [5, 5.41) is 3.39. The standard InChI is InChI=1S/C14H22N2/c1-6-14(7-2)15-10-13-9-11(4)16(8-3)12(13)5/h1,9,14-15H,7-8,10H2,2-5H3. The van der Waals surface area contributed by atoms with Crippen LogP contribution < -0.4 is 5.32 Å². The van der Waals surface area contributed by atoms with Crippen molar-refractivity contribution in [3.8, 4) is 12.3 Å². The number of aryl methyl sites for hydroxylation is 1. The highest BCUT2D eigenvalue weighted by Gasteiger charge is 2.08. The predicted octanol–water partition coefficient (Wildman–Crippen LogP) is 2.63. The van der Waals surface area contributed by atoms with Crippen LogP contribution in [-0.2, 0) is 13.1 Å². The molecule has 16 heavy (non-hydrogen) atoms. The van der Waals surface area contributed by atoms with Crippen LogP contribution in [0, 0.1) is 26.2 Å². The maximum Gasteiger partial charge on any atom is 0.0686 e. The molecule has 0 bridgehead atoms. The van der Waals surface area contributed by atoms with E-state index in [-0.39, 0.29) is 6.04 Å². The molecule has 1 heterocycles. The second-order valence-electron chi connectivity index (χ2n) is 4.15. The summed E-state index contributed by atoms with van der Waals surface area (Å²) in [7, 11) is 0. The van der Waals surface area contributed by atoms with Gasteiger partial charge in [-0.15, -0.1) is 6.42 Å². The Bertz CT molecular complexity index is 382. The minimum absolute atomic E-state index is 0.185. The van der Waals surface area contributed by atoms with Crippen molar-refractivity contribution in [2.45, 2.75) is 53.2 Å². The monoisotopic (exact) mass is 218 g/mol. The van der Waals surface area contributed by atoms with Crippen LogP contribution in [0.3, 0.4) is 0 Å². The summed E-state index contributed by atoms with van der Waals surface area (Å²) in [6.45, 7) is 10.5. The minimum atomic E-state index is 0.185. The third-order valence-corrected chi connectivity index (χ3v) is 3.14. The van der Waals surface area contributed by atoms with Gasteiger partial charge in [-0.05, 0) is 38.8 Å². The normalized spacial score (nSPS) is 12.4. The lowest BCUT2D eigenvalue weighted by Gasteiger charge is -2.11. The van der Waals surface area contributed by atoms with E-state index >= 15 is 0 Å². The van der Waals surface area contributed by atoms with Crippen LogP contribution in [0.15, 0.2) is 6.07 Å². The lowest BCUT2D eigenvalue weighted by atomic mass is 10.2. The van der Waals surface area contributed by atoms with E-state index in [1.165, 1.54) is 17.0 Å². The average Bonchev–Trinajstić information content (AvgIpc) is 2.55. The third-order valence-electron chi connectivity index (χ3n) is 3.14. The van der Waals surface area contributed by atoms with Gasteiger partial charge in [-0.25, -0.2) is 0 Å². The summed E-state index contributed by atoms with van der Waals surface area (Å²) in [5.41, 5.74) is 4.03. The van der Waals surface area contributed by atoms with Crippen LogP contribution in [0.1, 0.15) is 37.2 Å². The van der Waals surface area contributed by atoms with Crippen LogP contribution in [0.5, 0.6) is 0 Å². The van der Waals surface area contributed by atoms with Gasteiger partial charge in [0, 0.05) is 24.5 Å². The molecule has 0 aromatic carbocycles. The Morgan fingerprint density at radius 1 is 1.44 bits per heavy atom. The Kier molecular flexibility index (Phi) is 4.64. The first kappa shape index (κ1) is 12.9. The number of nitrogens with zero attached hydrogens (tertiary/aromatic N) is 1. The van der Waals surface area contributed by atoms with E-state index < -0.39 is 0 Å². The topological polar surface area (TPSA) is 17.0 Å². The number of terminal acetylenes is 1. The van der Waals surface area contributed by atoms with Crippen molar-refractivity contribution in [3.05, 3.63) is 23.0 Å². The molecule has 0 saturated carbocycles. The van der Waals surface area contributed by atoms with Gasteiger partial charge in [-0.3, -0.25) is 5.32 Å². The Morgan fingerprint density at radius 2 is 2.12 bits per heavy atom. The molecule has 1 unspecified atom stereocenters. The number of aromatic nitrogens is 1. The van der Waals surface area contributed by atoms with Crippen molar-refractivity contribution in [2.75, 3.05) is 0 Å². The Morgan fingerprint density at radius 3 is 2.56 bits per heavy atom. The van der Waals surface area contributed by atoms with Crippen LogP contribution in [0.25, 0.3) is 0 Å². The molecule has 1 rings (SSSR count). The van der Waals surface area contributed by atoms with Crippen molar-refractivity contribution < 1.29 is 0 Å². The van der Waals surface area contributed by atoms with Crippen molar-refractivity contribution in [3.63, 3.8) is 0 Å². The van der Waals surface area contributed by atoms with E-state index in [0.29, 0.717) is 0 Å². The maximum atomic E-state index is 5.43. The van der Waals surface area contributed by atoms with E-state index in [1.54, 1.807) is 0 Å². The van der Waals surface area contributed by atoms with Gasteiger partial charge < -0.3 is 4.57 Å². The van der Waals surface area contributed by atoms with E-state index in [2.05, 4.69) is 49.6 Å². The number of hydrogen-bond acceptors (Lipinski definition) is 1. The largest absolute Gasteiger partial charge is 0.349 e. The summed E-state index contributed by atoms with van der Waals surface area (Å²) in [6.07, 6.45) is 6.40. The molecule has 2 heteroatoms. The highest BCUT2D eigenvalue weighted by molar-refractivity contribution is 5.26. The summed E-state index contributed by atoms with van der Waals surface area (Å²) >= 11 is 0. The second kappa shape index (κ2) is 5.77. The Labute approximate surface area is 99.0 Å². The highest BCUT2D eigenvalue weighted by Crippen LogP contribution is 2.14. The lowest BCUT2D eigenvalue weighted by Crippen LogP contribution is -2.26. The highest BCUT2D eigenvalue weighted by atomic mass is 15.0. The van der Waals surface area contributed by atoms with E-state index in [9.17, 15) is 0 Å². The molecular formula is C14H22N2. The molecule has 0 aliphatic rings. The number of hydrogen-bond donors (Lipinski definition) is 1. The van der Waals surface area contributed by atoms with Gasteiger partial charge in [0.1, 0.15) is 0 Å². The molecule has 0 spiro atoms. The van der Waals surface area contributed by atoms with Gasteiger partial charge in [-0.2, -0.15) is 0 Å². The predicted molar refractivity (Wildman–Crippen MR) is 69.3 cm³/mol. The molecule has 0 aliphatic carbocycles. The zero-order valence-corrected chi connectivity index (χ0v) is 10.8. The second-order valence-corrected chi connectivity index (χ2v) is 4.15. The molecule has 88 valence electrons. The first-order valence-electron chi connectivity index (χ1n) is 5.99. The van der Waals surface area contributed by atoms with Gasteiger partial charge in [-0.1, -0.05) is 12.8 Å². The van der Waals surface area contributed by atoms with Gasteiger partial charge in [0.2, 0.25) is 0 Å². The quantitative estimate of drug-likeness (QED) is 0.752. The average molecular weight is 218 g/mol. The molecule has 0 fully saturated rings. The van der Waals surface area contributed by atoms with E-state index in [4.69, 9.17) is 6.42 Å². The molecule has 0 saturated heterocycles. The van der Waals surface area contributed by atoms with E-state index in [0.717, 1.165) is 19.5 Å². The summed E-state index contributed by atoms with van der Waals surface area (Å²) in [4.78, 5) is 0. The van der Waals surface area contributed by atoms with Gasteiger partial charge >= 0.3 is 0 Å². The van der Waals surface area contributed by atoms with Crippen LogP contribution >= 0.6 is 0 Å². The number of rotatable bonds is 5. The molecule has 0 amide bonds. The molecule has 1 aromatic rings. The van der Waals surface area contributed by atoms with Crippen molar-refractivity contribution in [1.82, 2.24) is 9.88 Å². The first-order valence-corrected chi connectivity index (χ1v) is 5.99. The molecule has 1 atom stereocenters. The molecule has 1 N–H and O–H groups in total. The van der Waals surface area contributed by atoms with Gasteiger partial charge in [0.15, 0.2) is 0 Å². The molecule has 1 aromatic heterocycles. The molecule has 2 nitrogen and oxygen atoms in total. The first-order chi connectivity index (χ1) is 7.63. The van der Waals surface area contributed by atoms with Gasteiger partial charge in [0.05, 0.1) is 6.04 Å². The van der Waals surface area contributed by atoms with Gasteiger partial charge in [0.25, 0.3) is 0 Å². The number of nitrogens with one attached hydrogen (secondary N) is 1. The Hall–Kier alpha value is -1.20. The lowest BCUT2D eigenvalue weighted by molar-refractivity contribution is 0.589. The Balaban J connectivity index is 2.72. The zero-order valence-electron chi connectivity index (χ0n) is 10.8. The van der Waals surface area contributed by atoms with E-state index in [1.807, 2.05) is 0 Å². The fourth-order valence-corrected chi connectivity index (χ4v) is 2.09. The maximum absolute atomic E-state index is 5.43. The zero-order chi connectivity index (χ0) is 12.1. The van der Waals surface area contributed by atoms with Crippen LogP contribution in [-0.4, -0.2) is 10.6 Å². The molecule has 0 aliphatic heterocycles. The smallest absolute Gasteiger partial charge is 0.0686 e. The fraction of sp³-hybridized carbons (Fsp3) is 0.571. The SMILES string of the molecule is C#CC(CC)NCc1cc(C)n(CC)c1C. The minimum Gasteiger partial charge on any atom is -0.349 e. The fourth-order valence-electron chi connectivity index (χ4n) is 2.09. The van der Waals surface area contributed by atoms with Crippen molar-refractivity contribution >= 4 is 0 Å². The molecular weight excluding hydrogens is 196 g/mol. The van der Waals surface area contributed by atoms with Crippen molar-refractivity contribution in [1.29, 1.82) is 0 Å². The van der Waals surface area contributed by atoms with Crippen molar-refractivity contribution in [2.24, 2.45) is 0 Å². The third kappa shape index (κ3) is 2.68. The molecule has 0 radical (unpaired) electrons. The van der Waals surface area contributed by atoms with Crippen LogP contribution in [0.2, 0.25) is 0 Å². The summed E-state index contributed by atoms with van der Waals surface area (Å²) < 4.78 is 2.33. The van der Waals surface area contributed by atoms with Crippen LogP contribution in [0.4, 0.5) is 0 Å².